The van der Waals surface area contributed by atoms with Crippen molar-refractivity contribution in [2.24, 2.45) is 0 Å². The van der Waals surface area contributed by atoms with Crippen LogP contribution in [-0.4, -0.2) is 26.4 Å². The first-order valence-corrected chi connectivity index (χ1v) is 8.66. The maximum Gasteiger partial charge on any atom is 0.307 e. The van der Waals surface area contributed by atoms with E-state index in [1.165, 1.54) is 7.11 Å². The van der Waals surface area contributed by atoms with Crippen LogP contribution in [-0.2, 0) is 0 Å². The maximum absolute atomic E-state index is 13.8. The van der Waals surface area contributed by atoms with Gasteiger partial charge in [-0.3, -0.25) is 10.1 Å². The summed E-state index contributed by atoms with van der Waals surface area (Å²) in [4.78, 5) is 18.9. The Morgan fingerprint density at radius 2 is 2.03 bits per heavy atom. The predicted octanol–water partition coefficient (Wildman–Crippen LogP) is 4.50. The van der Waals surface area contributed by atoms with Crippen LogP contribution in [0.3, 0.4) is 0 Å². The molecule has 9 heteroatoms. The standard InChI is InChI=1S/C20H16FN5O3/c1-12-6-8-25-13(9-12)3-4-17(25)15-5-7-22-20(23-15)24-16-11-18(26(27)28)14(21)10-19(16)29-2/h3-11H,1-2H3,(H,22,23,24). The molecule has 0 aliphatic rings. The zero-order valence-electron chi connectivity index (χ0n) is 15.6. The predicted molar refractivity (Wildman–Crippen MR) is 106 cm³/mol. The summed E-state index contributed by atoms with van der Waals surface area (Å²) in [5.41, 5.74) is 3.22. The second-order valence-corrected chi connectivity index (χ2v) is 6.37. The van der Waals surface area contributed by atoms with E-state index in [0.29, 0.717) is 5.69 Å². The molecule has 8 nitrogen and oxygen atoms in total. The zero-order chi connectivity index (χ0) is 20.5. The van der Waals surface area contributed by atoms with Crippen molar-refractivity contribution < 1.29 is 14.1 Å². The van der Waals surface area contributed by atoms with E-state index in [1.54, 1.807) is 12.3 Å². The lowest BCUT2D eigenvalue weighted by molar-refractivity contribution is -0.387. The molecular weight excluding hydrogens is 377 g/mol. The van der Waals surface area contributed by atoms with E-state index >= 15 is 0 Å². The SMILES string of the molecule is COc1cc(F)c([N+](=O)[O-])cc1Nc1nccc(-c2ccc3cc(C)ccn23)n1. The number of nitro benzene ring substituents is 1. The molecule has 146 valence electrons. The Balaban J connectivity index is 1.73. The summed E-state index contributed by atoms with van der Waals surface area (Å²) in [7, 11) is 1.35. The van der Waals surface area contributed by atoms with Gasteiger partial charge in [0.25, 0.3) is 0 Å². The van der Waals surface area contributed by atoms with Crippen molar-refractivity contribution in [3.8, 4) is 17.1 Å². The van der Waals surface area contributed by atoms with E-state index in [9.17, 15) is 14.5 Å². The second-order valence-electron chi connectivity index (χ2n) is 6.37. The summed E-state index contributed by atoms with van der Waals surface area (Å²) in [6.07, 6.45) is 3.53. The molecule has 0 aliphatic heterocycles. The van der Waals surface area contributed by atoms with Gasteiger partial charge in [-0.1, -0.05) is 0 Å². The number of methoxy groups -OCH3 is 1. The fraction of sp³-hybridized carbons (Fsp3) is 0.100. The van der Waals surface area contributed by atoms with Crippen LogP contribution in [0, 0.1) is 22.9 Å². The summed E-state index contributed by atoms with van der Waals surface area (Å²) >= 11 is 0. The minimum Gasteiger partial charge on any atom is -0.494 e. The Morgan fingerprint density at radius 3 is 2.79 bits per heavy atom. The highest BCUT2D eigenvalue weighted by molar-refractivity contribution is 5.69. The summed E-state index contributed by atoms with van der Waals surface area (Å²) in [5, 5.41) is 13.9. The van der Waals surface area contributed by atoms with E-state index in [1.807, 2.05) is 35.7 Å². The number of ether oxygens (including phenoxy) is 1. The Labute approximate surface area is 164 Å². The average Bonchev–Trinajstić information content (AvgIpc) is 3.12. The minimum atomic E-state index is -0.984. The number of nitrogens with zero attached hydrogens (tertiary/aromatic N) is 4. The van der Waals surface area contributed by atoms with Crippen LogP contribution in [0.1, 0.15) is 5.56 Å². The quantitative estimate of drug-likeness (QED) is 0.396. The van der Waals surface area contributed by atoms with E-state index in [2.05, 4.69) is 21.4 Å². The molecule has 0 saturated heterocycles. The Bertz CT molecular complexity index is 1240. The van der Waals surface area contributed by atoms with E-state index < -0.39 is 16.4 Å². The number of nitrogens with one attached hydrogen (secondary N) is 1. The van der Waals surface area contributed by atoms with Crippen molar-refractivity contribution in [3.63, 3.8) is 0 Å². The van der Waals surface area contributed by atoms with E-state index in [-0.39, 0.29) is 17.4 Å². The third-order valence-corrected chi connectivity index (χ3v) is 4.44. The third kappa shape index (κ3) is 3.45. The molecule has 0 saturated carbocycles. The summed E-state index contributed by atoms with van der Waals surface area (Å²) in [6.45, 7) is 2.02. The lowest BCUT2D eigenvalue weighted by Gasteiger charge is -2.11. The number of aryl methyl sites for hydroxylation is 1. The molecule has 0 spiro atoms. The summed E-state index contributed by atoms with van der Waals surface area (Å²) < 4.78 is 21.0. The van der Waals surface area contributed by atoms with E-state index in [4.69, 9.17) is 4.74 Å². The molecule has 4 aromatic rings. The first-order valence-electron chi connectivity index (χ1n) is 8.66. The molecule has 1 aromatic carbocycles. The summed E-state index contributed by atoms with van der Waals surface area (Å²) in [5.74, 6) is -0.684. The summed E-state index contributed by atoms with van der Waals surface area (Å²) in [6, 6.07) is 11.8. The van der Waals surface area contributed by atoms with Crippen molar-refractivity contribution in [2.75, 3.05) is 12.4 Å². The van der Waals surface area contributed by atoms with Crippen LogP contribution in [0.2, 0.25) is 0 Å². The highest BCUT2D eigenvalue weighted by Crippen LogP contribution is 2.33. The molecule has 0 amide bonds. The molecule has 3 heterocycles. The van der Waals surface area contributed by atoms with Crippen molar-refractivity contribution in [3.05, 3.63) is 76.4 Å². The number of pyridine rings is 1. The fourth-order valence-corrected chi connectivity index (χ4v) is 3.06. The first kappa shape index (κ1) is 18.4. The molecule has 4 rings (SSSR count). The number of aromatic nitrogens is 3. The molecule has 29 heavy (non-hydrogen) atoms. The smallest absolute Gasteiger partial charge is 0.307 e. The van der Waals surface area contributed by atoms with Gasteiger partial charge < -0.3 is 14.5 Å². The van der Waals surface area contributed by atoms with Crippen LogP contribution in [0.15, 0.2) is 54.9 Å². The lowest BCUT2D eigenvalue weighted by atomic mass is 10.2. The molecule has 0 aliphatic carbocycles. The van der Waals surface area contributed by atoms with Crippen molar-refractivity contribution >= 4 is 22.8 Å². The topological polar surface area (TPSA) is 94.6 Å². The highest BCUT2D eigenvalue weighted by Gasteiger charge is 2.19. The maximum atomic E-state index is 13.8. The first-order chi connectivity index (χ1) is 14.0. The largest absolute Gasteiger partial charge is 0.494 e. The molecule has 0 bridgehead atoms. The van der Waals surface area contributed by atoms with Gasteiger partial charge >= 0.3 is 5.69 Å². The Kier molecular flexibility index (Phi) is 4.55. The molecule has 0 unspecified atom stereocenters. The van der Waals surface area contributed by atoms with Gasteiger partial charge in [-0.25, -0.2) is 9.97 Å². The number of hydrogen-bond acceptors (Lipinski definition) is 6. The Morgan fingerprint density at radius 1 is 1.21 bits per heavy atom. The number of nitro groups is 1. The van der Waals surface area contributed by atoms with Gasteiger partial charge in [0.2, 0.25) is 11.8 Å². The number of anilines is 2. The number of halogens is 1. The van der Waals surface area contributed by atoms with Gasteiger partial charge in [0.1, 0.15) is 5.75 Å². The van der Waals surface area contributed by atoms with Crippen LogP contribution in [0.5, 0.6) is 5.75 Å². The molecular formula is C20H16FN5O3. The Hall–Kier alpha value is -4.01. The lowest BCUT2D eigenvalue weighted by Crippen LogP contribution is -2.03. The third-order valence-electron chi connectivity index (χ3n) is 4.44. The van der Waals surface area contributed by atoms with Gasteiger partial charge in [0.15, 0.2) is 0 Å². The average molecular weight is 393 g/mol. The van der Waals surface area contributed by atoms with Gasteiger partial charge in [-0.2, -0.15) is 4.39 Å². The van der Waals surface area contributed by atoms with E-state index in [0.717, 1.165) is 28.9 Å². The van der Waals surface area contributed by atoms with Gasteiger partial charge in [-0.05, 0) is 42.8 Å². The molecule has 0 fully saturated rings. The number of hydrogen-bond donors (Lipinski definition) is 1. The van der Waals surface area contributed by atoms with Crippen LogP contribution in [0.4, 0.5) is 21.7 Å². The number of rotatable bonds is 5. The number of benzene rings is 1. The van der Waals surface area contributed by atoms with Gasteiger partial charge in [0.05, 0.1) is 29.1 Å². The van der Waals surface area contributed by atoms with Gasteiger partial charge in [-0.15, -0.1) is 0 Å². The fourth-order valence-electron chi connectivity index (χ4n) is 3.06. The van der Waals surface area contributed by atoms with Crippen LogP contribution in [0.25, 0.3) is 16.9 Å². The van der Waals surface area contributed by atoms with Crippen LogP contribution >= 0.6 is 0 Å². The second kappa shape index (κ2) is 7.19. The monoisotopic (exact) mass is 393 g/mol. The van der Waals surface area contributed by atoms with Crippen LogP contribution < -0.4 is 10.1 Å². The van der Waals surface area contributed by atoms with Gasteiger partial charge in [0, 0.05) is 30.0 Å². The molecule has 0 atom stereocenters. The molecule has 3 aromatic heterocycles. The highest BCUT2D eigenvalue weighted by atomic mass is 19.1. The van der Waals surface area contributed by atoms with Crippen molar-refractivity contribution in [1.82, 2.24) is 14.4 Å². The number of fused-ring (bicyclic) bond motifs is 1. The van der Waals surface area contributed by atoms with Crippen molar-refractivity contribution in [1.29, 1.82) is 0 Å². The minimum absolute atomic E-state index is 0.103. The zero-order valence-corrected chi connectivity index (χ0v) is 15.6. The van der Waals surface area contributed by atoms with Crippen molar-refractivity contribution in [2.45, 2.75) is 6.92 Å². The molecule has 0 radical (unpaired) electrons. The molecule has 1 N–H and O–H groups in total. The normalized spacial score (nSPS) is 10.9.